The Morgan fingerprint density at radius 3 is 2.37 bits per heavy atom. The summed E-state index contributed by atoms with van der Waals surface area (Å²) in [5.41, 5.74) is 0.994. The van der Waals surface area contributed by atoms with Crippen LogP contribution in [0.5, 0.6) is 0 Å². The van der Waals surface area contributed by atoms with E-state index >= 15 is 0 Å². The Morgan fingerprint density at radius 1 is 1.05 bits per heavy atom. The molecule has 0 bridgehead atoms. The van der Waals surface area contributed by atoms with Gasteiger partial charge < -0.3 is 9.80 Å². The van der Waals surface area contributed by atoms with E-state index < -0.39 is 0 Å². The first-order valence-electron chi connectivity index (χ1n) is 7.39. The van der Waals surface area contributed by atoms with E-state index in [2.05, 4.69) is 4.90 Å². The molecule has 1 aromatic carbocycles. The molecule has 0 radical (unpaired) electrons. The van der Waals surface area contributed by atoms with E-state index in [1.165, 1.54) is 38.8 Å². The average Bonchev–Trinajstić information content (AvgIpc) is 2.73. The zero-order valence-corrected chi connectivity index (χ0v) is 11.6. The van der Waals surface area contributed by atoms with Gasteiger partial charge in [0, 0.05) is 12.2 Å². The summed E-state index contributed by atoms with van der Waals surface area (Å²) in [6.07, 6.45) is 7.40. The fourth-order valence-electron chi connectivity index (χ4n) is 2.69. The van der Waals surface area contributed by atoms with E-state index in [-0.39, 0.29) is 0 Å². The Balaban J connectivity index is 1.75. The number of likely N-dealkylation sites (tertiary alicyclic amines) is 1. The van der Waals surface area contributed by atoms with Crippen LogP contribution >= 0.6 is 0 Å². The van der Waals surface area contributed by atoms with Gasteiger partial charge in [-0.05, 0) is 51.0 Å². The standard InChI is InChI=1S/C16H24N2O/c19-15-18(16-9-4-3-5-10-16)14-8-13-17-11-6-1-2-7-12-17/h3-5,9-10,15H,1-2,6-8,11-14H2. The van der Waals surface area contributed by atoms with Crippen LogP contribution in [0.25, 0.3) is 0 Å². The Hall–Kier alpha value is -1.35. The largest absolute Gasteiger partial charge is 0.315 e. The minimum Gasteiger partial charge on any atom is -0.315 e. The normalized spacial score (nSPS) is 16.8. The van der Waals surface area contributed by atoms with E-state index in [1.807, 2.05) is 30.3 Å². The van der Waals surface area contributed by atoms with Crippen molar-refractivity contribution >= 4 is 12.1 Å². The molecular formula is C16H24N2O. The third-order valence-corrected chi connectivity index (χ3v) is 3.79. The topological polar surface area (TPSA) is 23.6 Å². The molecule has 1 aliphatic rings. The maximum absolute atomic E-state index is 11.2. The van der Waals surface area contributed by atoms with E-state index in [0.717, 1.165) is 31.6 Å². The molecule has 1 heterocycles. The molecule has 0 saturated carbocycles. The molecule has 0 unspecified atom stereocenters. The van der Waals surface area contributed by atoms with Gasteiger partial charge in [-0.2, -0.15) is 0 Å². The zero-order valence-electron chi connectivity index (χ0n) is 11.6. The van der Waals surface area contributed by atoms with E-state index in [0.29, 0.717) is 0 Å². The monoisotopic (exact) mass is 260 g/mol. The van der Waals surface area contributed by atoms with Crippen molar-refractivity contribution in [3.05, 3.63) is 30.3 Å². The second kappa shape index (κ2) is 7.95. The maximum atomic E-state index is 11.2. The van der Waals surface area contributed by atoms with Crippen LogP contribution in [-0.4, -0.2) is 37.5 Å². The fraction of sp³-hybridized carbons (Fsp3) is 0.562. The van der Waals surface area contributed by atoms with Crippen LogP contribution in [0.4, 0.5) is 5.69 Å². The summed E-state index contributed by atoms with van der Waals surface area (Å²) in [4.78, 5) is 15.5. The molecule has 0 atom stereocenters. The quantitative estimate of drug-likeness (QED) is 0.734. The average molecular weight is 260 g/mol. The molecule has 1 aliphatic heterocycles. The SMILES string of the molecule is O=CN(CCCN1CCCCCC1)c1ccccc1. The van der Waals surface area contributed by atoms with Crippen molar-refractivity contribution in [2.45, 2.75) is 32.1 Å². The maximum Gasteiger partial charge on any atom is 0.214 e. The van der Waals surface area contributed by atoms with Gasteiger partial charge in [0.1, 0.15) is 0 Å². The van der Waals surface area contributed by atoms with Crippen molar-refractivity contribution in [2.24, 2.45) is 0 Å². The van der Waals surface area contributed by atoms with Gasteiger partial charge in [0.2, 0.25) is 6.41 Å². The third-order valence-electron chi connectivity index (χ3n) is 3.79. The van der Waals surface area contributed by atoms with Crippen LogP contribution in [-0.2, 0) is 4.79 Å². The predicted molar refractivity (Wildman–Crippen MR) is 79.4 cm³/mol. The molecule has 0 aromatic heterocycles. The Labute approximate surface area is 116 Å². The van der Waals surface area contributed by atoms with Crippen molar-refractivity contribution in [1.82, 2.24) is 4.90 Å². The van der Waals surface area contributed by atoms with Crippen molar-refractivity contribution in [1.29, 1.82) is 0 Å². The Morgan fingerprint density at radius 2 is 1.74 bits per heavy atom. The molecule has 0 aliphatic carbocycles. The van der Waals surface area contributed by atoms with Crippen LogP contribution in [0, 0.1) is 0 Å². The number of carbonyl (C=O) groups excluding carboxylic acids is 1. The van der Waals surface area contributed by atoms with Crippen LogP contribution in [0.15, 0.2) is 30.3 Å². The molecule has 1 saturated heterocycles. The van der Waals surface area contributed by atoms with Gasteiger partial charge in [0.25, 0.3) is 0 Å². The summed E-state index contributed by atoms with van der Waals surface area (Å²) in [6, 6.07) is 9.89. The molecule has 104 valence electrons. The minimum atomic E-state index is 0.810. The molecular weight excluding hydrogens is 236 g/mol. The van der Waals surface area contributed by atoms with Gasteiger partial charge in [-0.1, -0.05) is 31.0 Å². The van der Waals surface area contributed by atoms with Crippen LogP contribution < -0.4 is 4.90 Å². The van der Waals surface area contributed by atoms with Crippen LogP contribution in [0.3, 0.4) is 0 Å². The predicted octanol–water partition coefficient (Wildman–Crippen LogP) is 2.92. The van der Waals surface area contributed by atoms with Crippen molar-refractivity contribution in [2.75, 3.05) is 31.1 Å². The van der Waals surface area contributed by atoms with Gasteiger partial charge in [0.15, 0.2) is 0 Å². The first-order chi connectivity index (χ1) is 9.40. The van der Waals surface area contributed by atoms with Crippen molar-refractivity contribution < 1.29 is 4.79 Å². The number of anilines is 1. The Kier molecular flexibility index (Phi) is 5.89. The second-order valence-corrected chi connectivity index (χ2v) is 5.24. The van der Waals surface area contributed by atoms with Gasteiger partial charge in [-0.25, -0.2) is 0 Å². The van der Waals surface area contributed by atoms with E-state index in [4.69, 9.17) is 0 Å². The third kappa shape index (κ3) is 4.67. The van der Waals surface area contributed by atoms with E-state index in [1.54, 1.807) is 4.90 Å². The van der Waals surface area contributed by atoms with Gasteiger partial charge in [-0.15, -0.1) is 0 Å². The van der Waals surface area contributed by atoms with Gasteiger partial charge >= 0.3 is 0 Å². The highest BCUT2D eigenvalue weighted by Crippen LogP contribution is 2.13. The number of para-hydroxylation sites is 1. The highest BCUT2D eigenvalue weighted by molar-refractivity contribution is 5.74. The van der Waals surface area contributed by atoms with Gasteiger partial charge in [-0.3, -0.25) is 4.79 Å². The number of hydrogen-bond acceptors (Lipinski definition) is 2. The molecule has 1 fully saturated rings. The number of rotatable bonds is 6. The second-order valence-electron chi connectivity index (χ2n) is 5.24. The number of benzene rings is 1. The van der Waals surface area contributed by atoms with Crippen LogP contribution in [0.1, 0.15) is 32.1 Å². The summed E-state index contributed by atoms with van der Waals surface area (Å²) >= 11 is 0. The highest BCUT2D eigenvalue weighted by atomic mass is 16.1. The lowest BCUT2D eigenvalue weighted by Gasteiger charge is -2.22. The summed E-state index contributed by atoms with van der Waals surface area (Å²) in [5.74, 6) is 0. The summed E-state index contributed by atoms with van der Waals surface area (Å²) in [5, 5.41) is 0. The van der Waals surface area contributed by atoms with Gasteiger partial charge in [0.05, 0.1) is 0 Å². The minimum absolute atomic E-state index is 0.810. The van der Waals surface area contributed by atoms with Crippen molar-refractivity contribution in [3.8, 4) is 0 Å². The van der Waals surface area contributed by atoms with Crippen molar-refractivity contribution in [3.63, 3.8) is 0 Å². The lowest BCUT2D eigenvalue weighted by Crippen LogP contribution is -2.30. The molecule has 3 heteroatoms. The molecule has 0 spiro atoms. The first kappa shape index (κ1) is 14.1. The summed E-state index contributed by atoms with van der Waals surface area (Å²) < 4.78 is 0. The molecule has 0 N–H and O–H groups in total. The number of carbonyl (C=O) groups is 1. The summed E-state index contributed by atoms with van der Waals surface area (Å²) in [7, 11) is 0. The number of hydrogen-bond donors (Lipinski definition) is 0. The molecule has 2 rings (SSSR count). The smallest absolute Gasteiger partial charge is 0.214 e. The molecule has 19 heavy (non-hydrogen) atoms. The fourth-order valence-corrected chi connectivity index (χ4v) is 2.69. The lowest BCUT2D eigenvalue weighted by atomic mass is 10.2. The highest BCUT2D eigenvalue weighted by Gasteiger charge is 2.09. The number of nitrogens with zero attached hydrogens (tertiary/aromatic N) is 2. The van der Waals surface area contributed by atoms with E-state index in [9.17, 15) is 4.79 Å². The first-order valence-corrected chi connectivity index (χ1v) is 7.39. The zero-order chi connectivity index (χ0) is 13.3. The number of amides is 1. The molecule has 3 nitrogen and oxygen atoms in total. The Bertz CT molecular complexity index is 358. The lowest BCUT2D eigenvalue weighted by molar-refractivity contribution is -0.107. The molecule has 1 amide bonds. The molecule has 1 aromatic rings. The van der Waals surface area contributed by atoms with Crippen LogP contribution in [0.2, 0.25) is 0 Å². The summed E-state index contributed by atoms with van der Waals surface area (Å²) in [6.45, 7) is 4.38.